The number of hydrogen-bond acceptors (Lipinski definition) is 3. The van der Waals surface area contributed by atoms with E-state index in [4.69, 9.17) is 12.2 Å². The normalized spacial score (nSPS) is 19.3. The van der Waals surface area contributed by atoms with Gasteiger partial charge >= 0.3 is 0 Å². The fourth-order valence-electron chi connectivity index (χ4n) is 1.38. The lowest BCUT2D eigenvalue weighted by Crippen LogP contribution is -2.37. The zero-order valence-electron chi connectivity index (χ0n) is 8.55. The zero-order chi connectivity index (χ0) is 9.68. The van der Waals surface area contributed by atoms with Gasteiger partial charge in [0.05, 0.1) is 4.99 Å². The van der Waals surface area contributed by atoms with Gasteiger partial charge in [-0.2, -0.15) is 0 Å². The van der Waals surface area contributed by atoms with Gasteiger partial charge in [0.2, 0.25) is 0 Å². The Morgan fingerprint density at radius 2 is 2.31 bits per heavy atom. The summed E-state index contributed by atoms with van der Waals surface area (Å²) in [6.45, 7) is 5.23. The van der Waals surface area contributed by atoms with Crippen molar-refractivity contribution in [2.75, 3.05) is 46.8 Å². The van der Waals surface area contributed by atoms with Crippen molar-refractivity contribution in [3.8, 4) is 0 Å². The summed E-state index contributed by atoms with van der Waals surface area (Å²) in [5.74, 6) is 0. The van der Waals surface area contributed by atoms with Crippen molar-refractivity contribution >= 4 is 17.2 Å². The molecule has 0 unspecified atom stereocenters. The monoisotopic (exact) mass is 201 g/mol. The highest BCUT2D eigenvalue weighted by atomic mass is 32.1. The van der Waals surface area contributed by atoms with Crippen molar-refractivity contribution in [1.29, 1.82) is 0 Å². The first kappa shape index (κ1) is 10.9. The second-order valence-corrected chi connectivity index (χ2v) is 4.19. The Hall–Kier alpha value is -0.190. The first-order chi connectivity index (χ1) is 6.20. The topological polar surface area (TPSA) is 18.5 Å². The number of nitrogens with one attached hydrogen (secondary N) is 1. The molecule has 0 bridgehead atoms. The zero-order valence-corrected chi connectivity index (χ0v) is 9.36. The first-order valence-corrected chi connectivity index (χ1v) is 5.24. The van der Waals surface area contributed by atoms with Crippen LogP contribution in [-0.4, -0.2) is 61.6 Å². The molecule has 1 aliphatic rings. The van der Waals surface area contributed by atoms with Gasteiger partial charge in [-0.1, -0.05) is 12.2 Å². The van der Waals surface area contributed by atoms with Gasteiger partial charge in [0, 0.05) is 26.2 Å². The molecule has 1 rings (SSSR count). The average molecular weight is 201 g/mol. The van der Waals surface area contributed by atoms with Gasteiger partial charge in [-0.25, -0.2) is 0 Å². The van der Waals surface area contributed by atoms with Crippen LogP contribution in [-0.2, 0) is 0 Å². The molecule has 0 aliphatic carbocycles. The van der Waals surface area contributed by atoms with Gasteiger partial charge in [0.1, 0.15) is 0 Å². The second-order valence-electron chi connectivity index (χ2n) is 3.71. The summed E-state index contributed by atoms with van der Waals surface area (Å²) in [7, 11) is 4.19. The molecule has 1 heterocycles. The third kappa shape index (κ3) is 4.02. The SMILES string of the molecule is CN(C)CCN1CCCNCC1=S. The molecule has 1 fully saturated rings. The molecule has 76 valence electrons. The van der Waals surface area contributed by atoms with Crippen LogP contribution in [0.5, 0.6) is 0 Å². The Labute approximate surface area is 86.1 Å². The minimum atomic E-state index is 0.878. The smallest absolute Gasteiger partial charge is 0.0920 e. The second kappa shape index (κ2) is 5.52. The summed E-state index contributed by atoms with van der Waals surface area (Å²) < 4.78 is 0. The van der Waals surface area contributed by atoms with Crippen LogP contribution in [0.4, 0.5) is 0 Å². The summed E-state index contributed by atoms with van der Waals surface area (Å²) in [5, 5.41) is 3.32. The highest BCUT2D eigenvalue weighted by Gasteiger charge is 2.11. The molecule has 0 saturated carbocycles. The third-order valence-corrected chi connectivity index (χ3v) is 2.63. The van der Waals surface area contributed by atoms with Crippen LogP contribution in [0.3, 0.4) is 0 Å². The summed E-state index contributed by atoms with van der Waals surface area (Å²) >= 11 is 5.31. The summed E-state index contributed by atoms with van der Waals surface area (Å²) in [4.78, 5) is 5.58. The molecule has 13 heavy (non-hydrogen) atoms. The summed E-state index contributed by atoms with van der Waals surface area (Å²) in [6, 6.07) is 0. The lowest BCUT2D eigenvalue weighted by atomic mass is 10.4. The van der Waals surface area contributed by atoms with E-state index in [1.165, 1.54) is 6.42 Å². The van der Waals surface area contributed by atoms with E-state index < -0.39 is 0 Å². The maximum absolute atomic E-state index is 5.31. The maximum atomic E-state index is 5.31. The highest BCUT2D eigenvalue weighted by molar-refractivity contribution is 7.80. The molecular weight excluding hydrogens is 182 g/mol. The number of hydrogen-bond donors (Lipinski definition) is 1. The van der Waals surface area contributed by atoms with E-state index in [1.807, 2.05) is 0 Å². The van der Waals surface area contributed by atoms with Gasteiger partial charge in [0.15, 0.2) is 0 Å². The average Bonchev–Trinajstić information content (AvgIpc) is 2.27. The van der Waals surface area contributed by atoms with E-state index >= 15 is 0 Å². The van der Waals surface area contributed by atoms with Gasteiger partial charge in [-0.05, 0) is 27.1 Å². The van der Waals surface area contributed by atoms with Crippen LogP contribution in [0.2, 0.25) is 0 Å². The molecule has 0 amide bonds. The predicted octanol–water partition coefficient (Wildman–Crippen LogP) is 0.171. The van der Waals surface area contributed by atoms with E-state index in [-0.39, 0.29) is 0 Å². The van der Waals surface area contributed by atoms with Crippen molar-refractivity contribution in [3.05, 3.63) is 0 Å². The summed E-state index contributed by atoms with van der Waals surface area (Å²) in [5.41, 5.74) is 0. The lowest BCUT2D eigenvalue weighted by molar-refractivity contribution is 0.333. The molecule has 1 N–H and O–H groups in total. The number of rotatable bonds is 3. The standard InChI is InChI=1S/C9H19N3S/c1-11(2)6-7-12-5-3-4-10-8-9(12)13/h10H,3-8H2,1-2H3. The van der Waals surface area contributed by atoms with Crippen molar-refractivity contribution in [2.24, 2.45) is 0 Å². The van der Waals surface area contributed by atoms with E-state index in [1.54, 1.807) is 0 Å². The van der Waals surface area contributed by atoms with Gasteiger partial charge in [0.25, 0.3) is 0 Å². The molecule has 0 atom stereocenters. The Kier molecular flexibility index (Phi) is 4.62. The molecular formula is C9H19N3S. The van der Waals surface area contributed by atoms with Crippen LogP contribution >= 0.6 is 12.2 Å². The third-order valence-electron chi connectivity index (χ3n) is 2.23. The first-order valence-electron chi connectivity index (χ1n) is 4.83. The van der Waals surface area contributed by atoms with Crippen molar-refractivity contribution < 1.29 is 0 Å². The largest absolute Gasteiger partial charge is 0.364 e. The molecule has 1 saturated heterocycles. The van der Waals surface area contributed by atoms with E-state index in [0.717, 1.165) is 37.7 Å². The number of likely N-dealkylation sites (N-methyl/N-ethyl adjacent to an activating group) is 1. The maximum Gasteiger partial charge on any atom is 0.0920 e. The van der Waals surface area contributed by atoms with E-state index in [9.17, 15) is 0 Å². The molecule has 4 heteroatoms. The molecule has 0 radical (unpaired) electrons. The predicted molar refractivity (Wildman–Crippen MR) is 60.2 cm³/mol. The van der Waals surface area contributed by atoms with Gasteiger partial charge in [-0.15, -0.1) is 0 Å². The quantitative estimate of drug-likeness (QED) is 0.656. The highest BCUT2D eigenvalue weighted by Crippen LogP contribution is 1.98. The van der Waals surface area contributed by atoms with Gasteiger partial charge in [-0.3, -0.25) is 0 Å². The Morgan fingerprint density at radius 1 is 1.54 bits per heavy atom. The van der Waals surface area contributed by atoms with E-state index in [2.05, 4.69) is 29.2 Å². The number of nitrogens with zero attached hydrogens (tertiary/aromatic N) is 2. The van der Waals surface area contributed by atoms with Crippen LogP contribution in [0, 0.1) is 0 Å². The molecule has 3 nitrogen and oxygen atoms in total. The fourth-order valence-corrected chi connectivity index (χ4v) is 1.67. The number of thiocarbonyl (C=S) groups is 1. The molecule has 0 aromatic carbocycles. The Morgan fingerprint density at radius 3 is 3.00 bits per heavy atom. The Balaban J connectivity index is 2.32. The van der Waals surface area contributed by atoms with Crippen molar-refractivity contribution in [2.45, 2.75) is 6.42 Å². The fraction of sp³-hybridized carbons (Fsp3) is 0.889. The minimum absolute atomic E-state index is 0.878. The minimum Gasteiger partial charge on any atom is -0.364 e. The van der Waals surface area contributed by atoms with Crippen LogP contribution in [0.25, 0.3) is 0 Å². The van der Waals surface area contributed by atoms with Crippen LogP contribution in [0.1, 0.15) is 6.42 Å². The van der Waals surface area contributed by atoms with Crippen molar-refractivity contribution in [1.82, 2.24) is 15.1 Å². The summed E-state index contributed by atoms with van der Waals surface area (Å²) in [6.07, 6.45) is 1.20. The molecule has 1 aliphatic heterocycles. The van der Waals surface area contributed by atoms with E-state index in [0.29, 0.717) is 0 Å². The van der Waals surface area contributed by atoms with Crippen LogP contribution < -0.4 is 5.32 Å². The Bertz CT molecular complexity index is 170. The lowest BCUT2D eigenvalue weighted by Gasteiger charge is -2.24. The molecule has 0 aromatic rings. The molecule has 0 aromatic heterocycles. The van der Waals surface area contributed by atoms with Gasteiger partial charge < -0.3 is 15.1 Å². The molecule has 0 spiro atoms. The van der Waals surface area contributed by atoms with Crippen LogP contribution in [0.15, 0.2) is 0 Å². The van der Waals surface area contributed by atoms with Crippen molar-refractivity contribution in [3.63, 3.8) is 0 Å².